The maximum absolute atomic E-state index is 3.48. The molecule has 0 amide bonds. The van der Waals surface area contributed by atoms with Crippen molar-refractivity contribution in [1.29, 1.82) is 0 Å². The molecule has 0 aromatic rings. The van der Waals surface area contributed by atoms with E-state index in [0.29, 0.717) is 0 Å². The fraction of sp³-hybridized carbons (Fsp3) is 0.789. The van der Waals surface area contributed by atoms with Crippen molar-refractivity contribution < 1.29 is 0 Å². The van der Waals surface area contributed by atoms with Crippen molar-refractivity contribution >= 4 is 162 Å². The molecule has 8 unspecified atom stereocenters. The molecule has 580 valence electrons. The van der Waals surface area contributed by atoms with E-state index in [9.17, 15) is 0 Å². The quantitative estimate of drug-likeness (QED) is 0.0497. The number of rotatable bonds is 30. The van der Waals surface area contributed by atoms with Gasteiger partial charge in [0, 0.05) is 101 Å². The first-order valence-corrected chi connectivity index (χ1v) is 66.5. The predicted molar refractivity (Wildman–Crippen MR) is 541 cm³/mol. The molecule has 0 radical (unpaired) electrons. The molecule has 0 bridgehead atoms. The largest absolute Gasteiger partial charge is 0.106 e. The molecule has 0 aliphatic carbocycles. The summed E-state index contributed by atoms with van der Waals surface area (Å²) in [5, 5.41) is 0. The molecule has 0 aliphatic rings. The molecule has 0 rings (SSSR count). The fourth-order valence-corrected chi connectivity index (χ4v) is 13.6. The van der Waals surface area contributed by atoms with Crippen LogP contribution in [0.4, 0.5) is 0 Å². The lowest BCUT2D eigenvalue weighted by atomic mass is 10.1. The van der Waals surface area contributed by atoms with Crippen LogP contribution in [0.3, 0.4) is 0 Å². The summed E-state index contributed by atoms with van der Waals surface area (Å²) < 4.78 is 0. The van der Waals surface area contributed by atoms with Gasteiger partial charge in [-0.15, -0.1) is 77.2 Å². The van der Waals surface area contributed by atoms with Gasteiger partial charge < -0.3 is 0 Å². The van der Waals surface area contributed by atoms with Gasteiger partial charge in [0.25, 0.3) is 0 Å². The van der Waals surface area contributed by atoms with Crippen molar-refractivity contribution in [3.63, 3.8) is 0 Å². The highest BCUT2D eigenvalue weighted by Gasteiger charge is 2.04. The van der Waals surface area contributed by atoms with Gasteiger partial charge in [-0.05, 0) is 87.1 Å². The minimum Gasteiger partial charge on any atom is -0.106 e. The van der Waals surface area contributed by atoms with E-state index in [2.05, 4.69) is 225 Å². The molecule has 0 heterocycles. The molecular weight excluding hydrogens is 1360 g/mol. The number of allylic oxidation sites excluding steroid dienone is 4. The first-order chi connectivity index (χ1) is 44.3. The van der Waals surface area contributed by atoms with Crippen LogP contribution in [0, 0.1) is 0 Å². The summed E-state index contributed by atoms with van der Waals surface area (Å²) >= 11 is 0. The zero-order valence-corrected chi connectivity index (χ0v) is 106. The molecule has 0 N–H and O–H groups in total. The van der Waals surface area contributed by atoms with E-state index in [1.54, 1.807) is 0 Å². The Hall–Kier alpha value is 1.39. The molecule has 8 atom stereocenters. The summed E-state index contributed by atoms with van der Waals surface area (Å²) in [7, 11) is 19.5. The monoisotopic (exact) mass is 1570 g/mol. The van der Waals surface area contributed by atoms with Crippen LogP contribution < -0.4 is 0 Å². The molecule has 0 saturated carbocycles. The van der Waals surface area contributed by atoms with Crippen molar-refractivity contribution in [2.24, 2.45) is 0 Å². The first kappa shape index (κ1) is 156. The van der Waals surface area contributed by atoms with E-state index in [1.807, 2.05) is 67.5 Å². The number of hydrogen-bond acceptors (Lipinski definition) is 0. The van der Waals surface area contributed by atoms with Gasteiger partial charge in [0.05, 0.1) is 0 Å². The average molecular weight is 1580 g/mol. The second kappa shape index (κ2) is 234. The standard InChI is InChI=1S/4C9H24Si2.2C5H12Si.2C4H8.4C2H6.4C2H4.6CH6Si/c4*1-3-5-9(11)7-4-6-8(2)10;2*1-3-4-5-6-2;2*1-3-4-2;14*1-2/h4*8-9H,3-7H2,1-2,10-11H3;2*4-5H,3,6H2,1-2H3;2*3H,1,4H2,2H3;4*1-2H3;4*1-2H2;6*1-2H3. The Bertz CT molecular complexity index is 769. The average Bonchev–Trinajstić information content (AvgIpc) is 3.66. The van der Waals surface area contributed by atoms with E-state index in [1.165, 1.54) is 285 Å². The molecule has 16 heteroatoms. The van der Waals surface area contributed by atoms with E-state index in [-0.39, 0.29) is 19.0 Å². The van der Waals surface area contributed by atoms with Crippen LogP contribution in [0.2, 0.25) is 96.7 Å². The summed E-state index contributed by atoms with van der Waals surface area (Å²) in [6.45, 7) is 91.6. The highest BCUT2D eigenvalue weighted by Crippen LogP contribution is 2.22. The van der Waals surface area contributed by atoms with Gasteiger partial charge >= 0.3 is 0 Å². The third-order valence-electron chi connectivity index (χ3n) is 10.9. The molecule has 0 spiro atoms. The van der Waals surface area contributed by atoms with E-state index >= 15 is 0 Å². The molecule has 0 aromatic heterocycles. The van der Waals surface area contributed by atoms with Gasteiger partial charge in [-0.1, -0.05) is 388 Å². The number of hydrogen-bond donors (Lipinski definition) is 0. The van der Waals surface area contributed by atoms with Crippen molar-refractivity contribution in [1.82, 2.24) is 0 Å². The van der Waals surface area contributed by atoms with Crippen LogP contribution in [0.1, 0.15) is 293 Å². The Kier molecular flexibility index (Phi) is 398. The minimum atomic E-state index is 0.222. The predicted octanol–water partition coefficient (Wildman–Crippen LogP) is 14.3. The lowest BCUT2D eigenvalue weighted by molar-refractivity contribution is 0.601. The summed E-state index contributed by atoms with van der Waals surface area (Å²) in [4.78, 5) is 0. The summed E-state index contributed by atoms with van der Waals surface area (Å²) in [5.41, 5.74) is 13.3. The maximum Gasteiger partial charge on any atom is 0.0419 e. The second-order valence-electron chi connectivity index (χ2n) is 20.8. The highest BCUT2D eigenvalue weighted by atomic mass is 28.2. The third-order valence-corrected chi connectivity index (χ3v) is 19.4. The Morgan fingerprint density at radius 1 is 0.272 bits per heavy atom. The topological polar surface area (TPSA) is 0 Å². The normalized spacial score (nSPS) is 11.3. The minimum absolute atomic E-state index is 0.222. The van der Waals surface area contributed by atoms with Crippen LogP contribution in [0.5, 0.6) is 0 Å². The van der Waals surface area contributed by atoms with Gasteiger partial charge in [-0.2, -0.15) is 0 Å². The lowest BCUT2D eigenvalue weighted by Crippen LogP contribution is -1.93. The van der Waals surface area contributed by atoms with Gasteiger partial charge in [-0.3, -0.25) is 0 Å². The van der Waals surface area contributed by atoms with Crippen molar-refractivity contribution in [3.05, 3.63) is 101 Å². The Morgan fingerprint density at radius 3 is 0.467 bits per heavy atom. The molecule has 0 aliphatic heterocycles. The van der Waals surface area contributed by atoms with Gasteiger partial charge in [-0.25, -0.2) is 0 Å². The van der Waals surface area contributed by atoms with Crippen molar-refractivity contribution in [2.45, 2.75) is 389 Å². The molecule has 92 heavy (non-hydrogen) atoms. The molecule has 0 fully saturated rings. The molecule has 0 nitrogen and oxygen atoms in total. The van der Waals surface area contributed by atoms with Crippen LogP contribution in [0.15, 0.2) is 101 Å². The van der Waals surface area contributed by atoms with Crippen LogP contribution in [-0.4, -0.2) is 162 Å². The summed E-state index contributed by atoms with van der Waals surface area (Å²) in [5.74, 6) is 0. The Balaban J connectivity index is -0.0000000292. The SMILES string of the molecule is C=C.C=C.C=C.C=C.C=CCC.C=CCC.CC.CC.CC.CC.CCC=C[SiH2]C.CCC=C[SiH2]C.CCCC([SiH3])CCCC(C)[SiH3].CCCC([SiH3])CCCC(C)[SiH3].CCCC([SiH3])CCCC(C)[SiH3].CCCC([SiH3])CCCC(C)[SiH3].C[SiH3].C[SiH3].C[SiH3].C[SiH3].C[SiH3].C[SiH3]. The van der Waals surface area contributed by atoms with E-state index in [0.717, 1.165) is 57.2 Å². The van der Waals surface area contributed by atoms with E-state index < -0.39 is 0 Å². The fourth-order valence-electron chi connectivity index (χ4n) is 6.71. The van der Waals surface area contributed by atoms with Crippen LogP contribution in [-0.2, 0) is 0 Å². The molecule has 0 aromatic carbocycles. The van der Waals surface area contributed by atoms with Gasteiger partial charge in [0.2, 0.25) is 0 Å². The summed E-state index contributed by atoms with van der Waals surface area (Å²) in [6.07, 6.45) is 42.4. The lowest BCUT2D eigenvalue weighted by Gasteiger charge is -2.10. The van der Waals surface area contributed by atoms with Crippen molar-refractivity contribution in [2.75, 3.05) is 0 Å². The van der Waals surface area contributed by atoms with Gasteiger partial charge in [0.15, 0.2) is 0 Å². The zero-order chi connectivity index (χ0) is 79.2. The van der Waals surface area contributed by atoms with Crippen LogP contribution in [0.25, 0.3) is 0 Å². The third kappa shape index (κ3) is 362. The van der Waals surface area contributed by atoms with Crippen LogP contribution >= 0.6 is 0 Å². The maximum atomic E-state index is 3.48. The van der Waals surface area contributed by atoms with E-state index in [4.69, 9.17) is 0 Å². The van der Waals surface area contributed by atoms with Crippen molar-refractivity contribution in [3.8, 4) is 0 Å². The Morgan fingerprint density at radius 2 is 0.402 bits per heavy atom. The molecular formula is C76H212Si16. The van der Waals surface area contributed by atoms with Gasteiger partial charge in [0.1, 0.15) is 0 Å². The second-order valence-corrected chi connectivity index (χ2v) is 37.8. The highest BCUT2D eigenvalue weighted by molar-refractivity contribution is 6.40. The molecule has 0 saturated heterocycles. The smallest absolute Gasteiger partial charge is 0.0419 e. The zero-order valence-electron chi connectivity index (χ0n) is 75.5. The summed E-state index contributed by atoms with van der Waals surface area (Å²) in [6, 6.07) is 0. The Labute approximate surface area is 647 Å². The first-order valence-electron chi connectivity index (χ1n) is 40.8.